The molecule has 0 radical (unpaired) electrons. The Balaban J connectivity index is 2.12. The molecule has 3 aliphatic rings. The van der Waals surface area contributed by atoms with Gasteiger partial charge in [-0.05, 0) is 94.3 Å². The highest BCUT2D eigenvalue weighted by Crippen LogP contribution is 2.39. The summed E-state index contributed by atoms with van der Waals surface area (Å²) in [5.41, 5.74) is -4.18. The van der Waals surface area contributed by atoms with E-state index in [0.717, 1.165) is 6.42 Å². The molecule has 3 aliphatic heterocycles. The summed E-state index contributed by atoms with van der Waals surface area (Å²) in [6.45, 7) is 18.3. The summed E-state index contributed by atoms with van der Waals surface area (Å²) >= 11 is 0. The Hall–Kier alpha value is -0.970. The summed E-state index contributed by atoms with van der Waals surface area (Å²) < 4.78 is 37.8. The number of hydrogen-bond acceptors (Lipinski definition) is 13. The first kappa shape index (κ1) is 43.4. The van der Waals surface area contributed by atoms with Gasteiger partial charge < -0.3 is 59.1 Å². The topological polar surface area (TPSA) is 169 Å². The molecule has 13 nitrogen and oxygen atoms in total. The average molecular weight is 719 g/mol. The molecule has 2 unspecified atom stereocenters. The minimum Gasteiger partial charge on any atom is -0.459 e. The quantitative estimate of drug-likeness (QED) is 0.244. The number of nitrogens with zero attached hydrogens (tertiary/aromatic N) is 1. The first-order valence-electron chi connectivity index (χ1n) is 18.7. The minimum absolute atomic E-state index is 0.0744. The molecule has 3 fully saturated rings. The van der Waals surface area contributed by atoms with Gasteiger partial charge in [-0.1, -0.05) is 20.8 Å². The van der Waals surface area contributed by atoms with Crippen LogP contribution >= 0.6 is 0 Å². The number of carbonyl (C=O) groups is 1. The zero-order valence-electron chi connectivity index (χ0n) is 32.9. The minimum atomic E-state index is -1.77. The van der Waals surface area contributed by atoms with Gasteiger partial charge in [0, 0.05) is 38.0 Å². The number of esters is 1. The van der Waals surface area contributed by atoms with Crippen LogP contribution in [0.5, 0.6) is 0 Å². The van der Waals surface area contributed by atoms with Crippen LogP contribution in [0.25, 0.3) is 0 Å². The van der Waals surface area contributed by atoms with E-state index in [1.807, 2.05) is 34.9 Å². The summed E-state index contributed by atoms with van der Waals surface area (Å²) in [6.07, 6.45) is -5.05. The monoisotopic (exact) mass is 718 g/mol. The first-order chi connectivity index (χ1) is 23.1. The second-order valence-electron chi connectivity index (χ2n) is 16.6. The Morgan fingerprint density at radius 2 is 1.56 bits per heavy atom. The van der Waals surface area contributed by atoms with E-state index < -0.39 is 89.9 Å². The van der Waals surface area contributed by atoms with E-state index in [2.05, 4.69) is 10.2 Å². The lowest BCUT2D eigenvalue weighted by molar-refractivity contribution is -0.308. The zero-order chi connectivity index (χ0) is 37.9. The van der Waals surface area contributed by atoms with Crippen LogP contribution in [0.3, 0.4) is 0 Å². The van der Waals surface area contributed by atoms with Crippen LogP contribution in [0.4, 0.5) is 0 Å². The Labute approximate surface area is 300 Å². The number of hydrogen-bond donors (Lipinski definition) is 5. The maximum absolute atomic E-state index is 14.1. The van der Waals surface area contributed by atoms with E-state index in [1.165, 1.54) is 14.0 Å². The molecule has 0 aliphatic carbocycles. The van der Waals surface area contributed by atoms with Crippen molar-refractivity contribution in [2.45, 2.75) is 186 Å². The molecule has 0 amide bonds. The SMILES string of the molecule is CC[C@H]1OC(=O)[C@H](C)[C@@H](O[C@H]2C[C@@](C)(OC)C(O)[C@H](C)O2)[C@H](C)[C@@H](O[C@H]2C[C@@H](N(C)C)C[C@@H](C)O2)[C@](C)(O)C[C@@H](C)CNC(C)[C@@H](O)[C@]1(C)O. The predicted molar refractivity (Wildman–Crippen MR) is 188 cm³/mol. The van der Waals surface area contributed by atoms with Gasteiger partial charge >= 0.3 is 5.97 Å². The van der Waals surface area contributed by atoms with E-state index in [4.69, 9.17) is 28.4 Å². The van der Waals surface area contributed by atoms with E-state index in [1.54, 1.807) is 41.5 Å². The number of nitrogens with one attached hydrogen (secondary N) is 1. The van der Waals surface area contributed by atoms with Gasteiger partial charge in [-0.15, -0.1) is 0 Å². The first-order valence-corrected chi connectivity index (χ1v) is 18.7. The molecular weight excluding hydrogens is 648 g/mol. The third kappa shape index (κ3) is 10.2. The summed E-state index contributed by atoms with van der Waals surface area (Å²) in [4.78, 5) is 16.3. The molecule has 3 rings (SSSR count). The molecule has 0 spiro atoms. The lowest BCUT2D eigenvalue weighted by Gasteiger charge is -2.48. The fourth-order valence-corrected chi connectivity index (χ4v) is 8.31. The number of ether oxygens (including phenoxy) is 6. The molecule has 0 saturated carbocycles. The van der Waals surface area contributed by atoms with Crippen molar-refractivity contribution in [1.82, 2.24) is 10.2 Å². The van der Waals surface area contributed by atoms with E-state index in [-0.39, 0.29) is 30.9 Å². The van der Waals surface area contributed by atoms with Gasteiger partial charge in [-0.2, -0.15) is 0 Å². The van der Waals surface area contributed by atoms with E-state index >= 15 is 0 Å². The normalized spacial score (nSPS) is 49.2. The van der Waals surface area contributed by atoms with Crippen molar-refractivity contribution < 1.29 is 53.6 Å². The van der Waals surface area contributed by atoms with Gasteiger partial charge in [-0.3, -0.25) is 4.79 Å². The molecule has 0 bridgehead atoms. The van der Waals surface area contributed by atoms with Crippen molar-refractivity contribution in [3.05, 3.63) is 0 Å². The van der Waals surface area contributed by atoms with Crippen LogP contribution in [-0.2, 0) is 33.2 Å². The van der Waals surface area contributed by atoms with Gasteiger partial charge in [0.2, 0.25) is 0 Å². The zero-order valence-corrected chi connectivity index (χ0v) is 32.9. The molecule has 3 saturated heterocycles. The smallest absolute Gasteiger partial charge is 0.311 e. The largest absolute Gasteiger partial charge is 0.459 e. The Morgan fingerprint density at radius 1 is 0.920 bits per heavy atom. The highest BCUT2D eigenvalue weighted by atomic mass is 16.7. The van der Waals surface area contributed by atoms with Gasteiger partial charge in [0.05, 0.1) is 41.5 Å². The Bertz CT molecular complexity index is 1080. The molecular formula is C37H70N2O11. The number of methoxy groups -OCH3 is 1. The van der Waals surface area contributed by atoms with Crippen LogP contribution in [0.2, 0.25) is 0 Å². The fraction of sp³-hybridized carbons (Fsp3) is 0.973. The van der Waals surface area contributed by atoms with Crippen molar-refractivity contribution in [1.29, 1.82) is 0 Å². The van der Waals surface area contributed by atoms with Crippen molar-refractivity contribution in [2.24, 2.45) is 17.8 Å². The lowest BCUT2D eigenvalue weighted by atomic mass is 9.77. The van der Waals surface area contributed by atoms with Crippen molar-refractivity contribution in [3.63, 3.8) is 0 Å². The maximum Gasteiger partial charge on any atom is 0.311 e. The highest BCUT2D eigenvalue weighted by molar-refractivity contribution is 5.73. The van der Waals surface area contributed by atoms with E-state index in [9.17, 15) is 25.2 Å². The number of cyclic esters (lactones) is 1. The molecule has 3 heterocycles. The summed E-state index contributed by atoms with van der Waals surface area (Å²) in [7, 11) is 5.59. The molecule has 0 aromatic rings. The van der Waals surface area contributed by atoms with E-state index in [0.29, 0.717) is 19.4 Å². The average Bonchev–Trinajstić information content (AvgIpc) is 3.04. The maximum atomic E-state index is 14.1. The molecule has 0 aromatic heterocycles. The van der Waals surface area contributed by atoms with Crippen LogP contribution in [0.1, 0.15) is 101 Å². The number of aliphatic hydroxyl groups is 4. The fourth-order valence-electron chi connectivity index (χ4n) is 8.31. The molecule has 13 heteroatoms. The van der Waals surface area contributed by atoms with Gasteiger partial charge in [0.1, 0.15) is 23.9 Å². The molecule has 294 valence electrons. The van der Waals surface area contributed by atoms with Crippen LogP contribution < -0.4 is 5.32 Å². The van der Waals surface area contributed by atoms with Crippen molar-refractivity contribution in [2.75, 3.05) is 27.7 Å². The summed E-state index contributed by atoms with van der Waals surface area (Å²) in [5, 5.41) is 49.5. The molecule has 50 heavy (non-hydrogen) atoms. The summed E-state index contributed by atoms with van der Waals surface area (Å²) in [5.74, 6) is -2.29. The second-order valence-corrected chi connectivity index (χ2v) is 16.6. The van der Waals surface area contributed by atoms with Crippen LogP contribution in [0, 0.1) is 17.8 Å². The molecule has 0 aromatic carbocycles. The number of carbonyl (C=O) groups excluding carboxylic acids is 1. The van der Waals surface area contributed by atoms with Gasteiger partial charge in [0.25, 0.3) is 0 Å². The van der Waals surface area contributed by atoms with Crippen molar-refractivity contribution in [3.8, 4) is 0 Å². The molecule has 5 N–H and O–H groups in total. The number of rotatable bonds is 7. The summed E-state index contributed by atoms with van der Waals surface area (Å²) in [6, 6.07) is -0.344. The van der Waals surface area contributed by atoms with Crippen LogP contribution in [-0.4, -0.2) is 143 Å². The second kappa shape index (κ2) is 17.4. The third-order valence-electron chi connectivity index (χ3n) is 11.6. The Morgan fingerprint density at radius 3 is 2.14 bits per heavy atom. The predicted octanol–water partition coefficient (Wildman–Crippen LogP) is 2.59. The third-order valence-corrected chi connectivity index (χ3v) is 11.6. The lowest BCUT2D eigenvalue weighted by Crippen LogP contribution is -2.59. The highest BCUT2D eigenvalue weighted by Gasteiger charge is 2.51. The van der Waals surface area contributed by atoms with Gasteiger partial charge in [0.15, 0.2) is 12.6 Å². The van der Waals surface area contributed by atoms with Crippen molar-refractivity contribution >= 4 is 5.97 Å². The number of aliphatic hydroxyl groups excluding tert-OH is 2. The van der Waals surface area contributed by atoms with Gasteiger partial charge in [-0.25, -0.2) is 0 Å². The standard InChI is InChI=1S/C37H70N2O11/c1-14-27-37(10,44)31(40)24(6)38-19-20(2)17-35(8,43)33(50-28-16-26(39(11)12)15-21(3)46-28)22(4)30(23(5)34(42)48-27)49-29-18-36(9,45-13)32(41)25(7)47-29/h20-33,38,40-41,43-44H,14-19H2,1-13H3/t20-,21-,22+,23-,24?,25+,26+,27-,28+,29+,30+,31-,32?,33-,35-,36-,37-/m1/s1. The van der Waals surface area contributed by atoms with Crippen LogP contribution in [0.15, 0.2) is 0 Å². The molecule has 17 atom stereocenters. The Kier molecular flexibility index (Phi) is 15.2.